The van der Waals surface area contributed by atoms with Crippen LogP contribution in [0.2, 0.25) is 0 Å². The Labute approximate surface area is 95.9 Å². The number of hydrogen-bond acceptors (Lipinski definition) is 4. The lowest BCUT2D eigenvalue weighted by atomic mass is 10.3. The molecule has 1 saturated heterocycles. The lowest BCUT2D eigenvalue weighted by molar-refractivity contribution is 0.897. The Kier molecular flexibility index (Phi) is 3.73. The zero-order chi connectivity index (χ0) is 11.2. The van der Waals surface area contributed by atoms with Gasteiger partial charge in [-0.1, -0.05) is 11.8 Å². The fourth-order valence-electron chi connectivity index (χ4n) is 1.70. The first-order chi connectivity index (χ1) is 7.90. The number of hydrogen-bond donors (Lipinski definition) is 1. The van der Waals surface area contributed by atoms with Crippen LogP contribution in [0.4, 0.5) is 5.95 Å². The van der Waals surface area contributed by atoms with Gasteiger partial charge in [0.05, 0.1) is 5.56 Å². The Morgan fingerprint density at radius 2 is 1.94 bits per heavy atom. The van der Waals surface area contributed by atoms with Crippen LogP contribution in [0.5, 0.6) is 0 Å². The van der Waals surface area contributed by atoms with Crippen molar-refractivity contribution in [3.8, 4) is 11.8 Å². The first-order valence-corrected chi connectivity index (χ1v) is 5.66. The molecule has 0 unspecified atom stereocenters. The summed E-state index contributed by atoms with van der Waals surface area (Å²) in [5, 5.41) is 0. The maximum atomic E-state index is 5.36. The van der Waals surface area contributed by atoms with E-state index in [9.17, 15) is 0 Å². The van der Waals surface area contributed by atoms with Crippen LogP contribution < -0.4 is 10.6 Å². The van der Waals surface area contributed by atoms with Crippen LogP contribution in [-0.2, 0) is 0 Å². The molecule has 2 heterocycles. The highest BCUT2D eigenvalue weighted by Crippen LogP contribution is 2.14. The van der Waals surface area contributed by atoms with Crippen LogP contribution in [0.3, 0.4) is 0 Å². The van der Waals surface area contributed by atoms with Gasteiger partial charge in [0.2, 0.25) is 5.95 Å². The summed E-state index contributed by atoms with van der Waals surface area (Å²) in [6.45, 7) is 2.73. The number of rotatable bonds is 2. The molecule has 2 rings (SSSR count). The third kappa shape index (κ3) is 2.71. The minimum absolute atomic E-state index is 0.597. The molecule has 84 valence electrons. The molecule has 1 aliphatic rings. The first kappa shape index (κ1) is 10.9. The van der Waals surface area contributed by atoms with Crippen molar-refractivity contribution in [1.82, 2.24) is 9.97 Å². The minimum atomic E-state index is 0.597. The van der Waals surface area contributed by atoms with Crippen molar-refractivity contribution in [3.63, 3.8) is 0 Å². The molecule has 0 atom stereocenters. The predicted octanol–water partition coefficient (Wildman–Crippen LogP) is 0.777. The topological polar surface area (TPSA) is 55.0 Å². The Hall–Kier alpha value is -1.60. The first-order valence-electron chi connectivity index (χ1n) is 5.66. The Morgan fingerprint density at radius 1 is 1.25 bits per heavy atom. The van der Waals surface area contributed by atoms with Gasteiger partial charge in [-0.05, 0) is 12.8 Å². The van der Waals surface area contributed by atoms with Gasteiger partial charge in [0.1, 0.15) is 0 Å². The van der Waals surface area contributed by atoms with E-state index in [1.165, 1.54) is 12.8 Å². The van der Waals surface area contributed by atoms with Gasteiger partial charge >= 0.3 is 0 Å². The zero-order valence-electron chi connectivity index (χ0n) is 9.32. The SMILES string of the molecule is NCCC#Cc1cnc(N2CCCC2)nc1. The van der Waals surface area contributed by atoms with Crippen LogP contribution in [-0.4, -0.2) is 29.6 Å². The van der Waals surface area contributed by atoms with Gasteiger partial charge in [-0.3, -0.25) is 0 Å². The summed E-state index contributed by atoms with van der Waals surface area (Å²) in [4.78, 5) is 10.8. The van der Waals surface area contributed by atoms with E-state index in [2.05, 4.69) is 26.7 Å². The van der Waals surface area contributed by atoms with Crippen LogP contribution in [0.25, 0.3) is 0 Å². The number of nitrogens with zero attached hydrogens (tertiary/aromatic N) is 3. The van der Waals surface area contributed by atoms with Crippen molar-refractivity contribution in [1.29, 1.82) is 0 Å². The molecule has 2 N–H and O–H groups in total. The molecule has 16 heavy (non-hydrogen) atoms. The van der Waals surface area contributed by atoms with Gasteiger partial charge in [-0.2, -0.15) is 0 Å². The molecular weight excluding hydrogens is 200 g/mol. The summed E-state index contributed by atoms with van der Waals surface area (Å²) in [5.74, 6) is 6.78. The Balaban J connectivity index is 2.02. The Bertz CT molecular complexity index is 382. The van der Waals surface area contributed by atoms with Crippen molar-refractivity contribution < 1.29 is 0 Å². The molecule has 0 saturated carbocycles. The van der Waals surface area contributed by atoms with Crippen LogP contribution in [0.1, 0.15) is 24.8 Å². The average molecular weight is 216 g/mol. The molecule has 1 aromatic rings. The quantitative estimate of drug-likeness (QED) is 0.742. The van der Waals surface area contributed by atoms with E-state index in [0.717, 1.165) is 24.6 Å². The molecule has 1 aromatic heterocycles. The van der Waals surface area contributed by atoms with Crippen molar-refractivity contribution in [2.75, 3.05) is 24.5 Å². The molecule has 1 aliphatic heterocycles. The van der Waals surface area contributed by atoms with Gasteiger partial charge in [0.25, 0.3) is 0 Å². The van der Waals surface area contributed by atoms with Crippen molar-refractivity contribution in [2.24, 2.45) is 5.73 Å². The standard InChI is InChI=1S/C12H16N4/c13-6-2-1-5-11-9-14-12(15-10-11)16-7-3-4-8-16/h9-10H,2-4,6-8,13H2. The van der Waals surface area contributed by atoms with Gasteiger partial charge in [0.15, 0.2) is 0 Å². The van der Waals surface area contributed by atoms with E-state index in [-0.39, 0.29) is 0 Å². The molecule has 0 amide bonds. The summed E-state index contributed by atoms with van der Waals surface area (Å²) in [6.07, 6.45) is 6.76. The van der Waals surface area contributed by atoms with E-state index in [4.69, 9.17) is 5.73 Å². The van der Waals surface area contributed by atoms with Crippen molar-refractivity contribution in [2.45, 2.75) is 19.3 Å². The second-order valence-corrected chi connectivity index (χ2v) is 3.81. The summed E-state index contributed by atoms with van der Waals surface area (Å²) in [7, 11) is 0. The lowest BCUT2D eigenvalue weighted by Gasteiger charge is -2.13. The highest BCUT2D eigenvalue weighted by molar-refractivity contribution is 5.36. The molecule has 0 radical (unpaired) electrons. The smallest absolute Gasteiger partial charge is 0.225 e. The summed E-state index contributed by atoms with van der Waals surface area (Å²) < 4.78 is 0. The number of aromatic nitrogens is 2. The third-order valence-electron chi connectivity index (χ3n) is 2.53. The molecular formula is C12H16N4. The Morgan fingerprint density at radius 3 is 2.56 bits per heavy atom. The second kappa shape index (κ2) is 5.47. The molecule has 4 heteroatoms. The molecule has 1 fully saturated rings. The van der Waals surface area contributed by atoms with Crippen molar-refractivity contribution in [3.05, 3.63) is 18.0 Å². The maximum Gasteiger partial charge on any atom is 0.225 e. The summed E-state index contributed by atoms with van der Waals surface area (Å²) >= 11 is 0. The molecule has 0 spiro atoms. The molecule has 0 aromatic carbocycles. The predicted molar refractivity (Wildman–Crippen MR) is 64.0 cm³/mol. The molecule has 0 bridgehead atoms. The van der Waals surface area contributed by atoms with Crippen molar-refractivity contribution >= 4 is 5.95 Å². The maximum absolute atomic E-state index is 5.36. The van der Waals surface area contributed by atoms with Crippen LogP contribution in [0.15, 0.2) is 12.4 Å². The van der Waals surface area contributed by atoms with E-state index in [1.54, 1.807) is 12.4 Å². The highest BCUT2D eigenvalue weighted by Gasteiger charge is 2.13. The fraction of sp³-hybridized carbons (Fsp3) is 0.500. The van der Waals surface area contributed by atoms with Gasteiger partial charge in [-0.25, -0.2) is 9.97 Å². The van der Waals surface area contributed by atoms with Gasteiger partial charge < -0.3 is 10.6 Å². The number of nitrogens with two attached hydrogens (primary N) is 1. The third-order valence-corrected chi connectivity index (χ3v) is 2.53. The number of anilines is 1. The highest BCUT2D eigenvalue weighted by atomic mass is 15.3. The summed E-state index contributed by atoms with van der Waals surface area (Å²) in [6, 6.07) is 0. The zero-order valence-corrected chi connectivity index (χ0v) is 9.32. The monoisotopic (exact) mass is 216 g/mol. The largest absolute Gasteiger partial charge is 0.341 e. The van der Waals surface area contributed by atoms with Crippen LogP contribution in [0, 0.1) is 11.8 Å². The van der Waals surface area contributed by atoms with E-state index in [1.807, 2.05) is 0 Å². The molecule has 0 aliphatic carbocycles. The summed E-state index contributed by atoms with van der Waals surface area (Å²) in [5.41, 5.74) is 6.22. The normalized spacial score (nSPS) is 14.7. The average Bonchev–Trinajstić information content (AvgIpc) is 2.84. The van der Waals surface area contributed by atoms with Gasteiger partial charge in [0, 0.05) is 38.4 Å². The van der Waals surface area contributed by atoms with E-state index < -0.39 is 0 Å². The second-order valence-electron chi connectivity index (χ2n) is 3.81. The van der Waals surface area contributed by atoms with Gasteiger partial charge in [-0.15, -0.1) is 0 Å². The van der Waals surface area contributed by atoms with E-state index in [0.29, 0.717) is 13.0 Å². The lowest BCUT2D eigenvalue weighted by Crippen LogP contribution is -2.20. The molecule has 4 nitrogen and oxygen atoms in total. The minimum Gasteiger partial charge on any atom is -0.341 e. The van der Waals surface area contributed by atoms with E-state index >= 15 is 0 Å². The fourth-order valence-corrected chi connectivity index (χ4v) is 1.70. The van der Waals surface area contributed by atoms with Crippen LogP contribution >= 0.6 is 0 Å².